The number of benzene rings is 2. The van der Waals surface area contributed by atoms with Gasteiger partial charge in [-0.2, -0.15) is 0 Å². The minimum Gasteiger partial charge on any atom is -0.491 e. The smallest absolute Gasteiger partial charge is 0.244 e. The summed E-state index contributed by atoms with van der Waals surface area (Å²) < 4.78 is 5.96. The molecular weight excluding hydrogens is 348 g/mol. The van der Waals surface area contributed by atoms with Crippen LogP contribution in [0.2, 0.25) is 0 Å². The van der Waals surface area contributed by atoms with Crippen molar-refractivity contribution in [3.05, 3.63) is 59.7 Å². The maximum absolute atomic E-state index is 13.3. The fourth-order valence-corrected chi connectivity index (χ4v) is 4.53. The zero-order chi connectivity index (χ0) is 19.5. The van der Waals surface area contributed by atoms with E-state index in [9.17, 15) is 4.79 Å². The highest BCUT2D eigenvalue weighted by Crippen LogP contribution is 2.33. The van der Waals surface area contributed by atoms with Crippen LogP contribution in [0.1, 0.15) is 30.9 Å². The van der Waals surface area contributed by atoms with E-state index in [-0.39, 0.29) is 11.9 Å². The molecule has 148 valence electrons. The summed E-state index contributed by atoms with van der Waals surface area (Å²) in [6.45, 7) is 7.76. The second-order valence-electron chi connectivity index (χ2n) is 8.19. The number of para-hydroxylation sites is 2. The number of carbonyl (C=O) groups is 1. The second kappa shape index (κ2) is 8.36. The normalized spacial score (nSPS) is 21.1. The lowest BCUT2D eigenvalue weighted by molar-refractivity contribution is -0.126. The van der Waals surface area contributed by atoms with E-state index in [0.29, 0.717) is 12.5 Å². The van der Waals surface area contributed by atoms with Crippen LogP contribution in [0.3, 0.4) is 0 Å². The number of nitrogens with zero attached hydrogens (tertiary/aromatic N) is 2. The summed E-state index contributed by atoms with van der Waals surface area (Å²) in [6, 6.07) is 16.5. The van der Waals surface area contributed by atoms with E-state index < -0.39 is 0 Å². The summed E-state index contributed by atoms with van der Waals surface area (Å²) in [5.74, 6) is 1.57. The number of carbonyl (C=O) groups excluding carboxylic acids is 1. The topological polar surface area (TPSA) is 32.8 Å². The number of anilines is 1. The number of amides is 1. The van der Waals surface area contributed by atoms with Gasteiger partial charge < -0.3 is 9.64 Å². The predicted octanol–water partition coefficient (Wildman–Crippen LogP) is 4.06. The SMILES string of the molecule is Cc1ccccc1CC(C)CN1CCN2C(=O)C1CCCOc1ccccc12. The summed E-state index contributed by atoms with van der Waals surface area (Å²) in [5.41, 5.74) is 3.69. The van der Waals surface area contributed by atoms with Gasteiger partial charge in [0.15, 0.2) is 0 Å². The van der Waals surface area contributed by atoms with Gasteiger partial charge in [-0.3, -0.25) is 9.69 Å². The predicted molar refractivity (Wildman–Crippen MR) is 113 cm³/mol. The average Bonchev–Trinajstić information content (AvgIpc) is 2.72. The fourth-order valence-electron chi connectivity index (χ4n) is 4.53. The van der Waals surface area contributed by atoms with Crippen LogP contribution in [-0.4, -0.2) is 43.1 Å². The Balaban J connectivity index is 1.49. The van der Waals surface area contributed by atoms with Gasteiger partial charge in [0.05, 0.1) is 18.3 Å². The van der Waals surface area contributed by atoms with Crippen molar-refractivity contribution in [1.82, 2.24) is 4.90 Å². The molecule has 2 heterocycles. The minimum absolute atomic E-state index is 0.0390. The lowest BCUT2D eigenvalue weighted by Gasteiger charge is -2.41. The number of piperazine rings is 1. The van der Waals surface area contributed by atoms with Crippen molar-refractivity contribution in [3.8, 4) is 5.75 Å². The van der Waals surface area contributed by atoms with Gasteiger partial charge in [-0.05, 0) is 55.4 Å². The molecule has 4 nitrogen and oxygen atoms in total. The summed E-state index contributed by atoms with van der Waals surface area (Å²) in [6.07, 6.45) is 2.82. The molecule has 4 heteroatoms. The quantitative estimate of drug-likeness (QED) is 0.804. The van der Waals surface area contributed by atoms with Crippen molar-refractivity contribution < 1.29 is 9.53 Å². The molecule has 4 rings (SSSR count). The monoisotopic (exact) mass is 378 g/mol. The Labute approximate surface area is 168 Å². The Morgan fingerprint density at radius 2 is 1.89 bits per heavy atom. The van der Waals surface area contributed by atoms with Crippen molar-refractivity contribution >= 4 is 11.6 Å². The summed E-state index contributed by atoms with van der Waals surface area (Å²) in [7, 11) is 0. The van der Waals surface area contributed by atoms with Gasteiger partial charge in [-0.15, -0.1) is 0 Å². The fraction of sp³-hybridized carbons (Fsp3) is 0.458. The molecule has 1 saturated heterocycles. The maximum Gasteiger partial charge on any atom is 0.244 e. The van der Waals surface area contributed by atoms with Gasteiger partial charge in [0, 0.05) is 19.6 Å². The van der Waals surface area contributed by atoms with Crippen molar-refractivity contribution in [2.75, 3.05) is 31.1 Å². The molecule has 2 aromatic rings. The first-order valence-corrected chi connectivity index (χ1v) is 10.5. The summed E-state index contributed by atoms with van der Waals surface area (Å²) >= 11 is 0. The third-order valence-electron chi connectivity index (χ3n) is 6.01. The average molecular weight is 379 g/mol. The van der Waals surface area contributed by atoms with Crippen LogP contribution >= 0.6 is 0 Å². The molecule has 0 aliphatic carbocycles. The van der Waals surface area contributed by atoms with Crippen molar-refractivity contribution in [2.24, 2.45) is 5.92 Å². The molecular formula is C24H30N2O2. The first-order valence-electron chi connectivity index (χ1n) is 10.5. The molecule has 0 aromatic heterocycles. The Hall–Kier alpha value is -2.33. The first-order chi connectivity index (χ1) is 13.6. The van der Waals surface area contributed by atoms with Gasteiger partial charge in [0.1, 0.15) is 5.75 Å². The molecule has 0 spiro atoms. The largest absolute Gasteiger partial charge is 0.491 e. The zero-order valence-electron chi connectivity index (χ0n) is 16.9. The highest BCUT2D eigenvalue weighted by atomic mass is 16.5. The Kier molecular flexibility index (Phi) is 5.67. The van der Waals surface area contributed by atoms with E-state index in [4.69, 9.17) is 4.74 Å². The Bertz CT molecular complexity index is 835. The van der Waals surface area contributed by atoms with E-state index in [2.05, 4.69) is 43.0 Å². The number of hydrogen-bond donors (Lipinski definition) is 0. The molecule has 2 aromatic carbocycles. The molecule has 0 radical (unpaired) electrons. The number of hydrogen-bond acceptors (Lipinski definition) is 3. The molecule has 2 aliphatic heterocycles. The van der Waals surface area contributed by atoms with E-state index >= 15 is 0 Å². The second-order valence-corrected chi connectivity index (χ2v) is 8.19. The van der Waals surface area contributed by atoms with Crippen LogP contribution in [0.25, 0.3) is 0 Å². The van der Waals surface area contributed by atoms with Crippen LogP contribution in [0.4, 0.5) is 5.69 Å². The van der Waals surface area contributed by atoms with Gasteiger partial charge in [0.25, 0.3) is 0 Å². The van der Waals surface area contributed by atoms with E-state index in [1.54, 1.807) is 0 Å². The summed E-state index contributed by atoms with van der Waals surface area (Å²) in [4.78, 5) is 17.7. The molecule has 2 bridgehead atoms. The van der Waals surface area contributed by atoms with Crippen LogP contribution < -0.4 is 9.64 Å². The highest BCUT2D eigenvalue weighted by Gasteiger charge is 2.37. The number of fused-ring (bicyclic) bond motifs is 4. The van der Waals surface area contributed by atoms with Crippen LogP contribution in [-0.2, 0) is 11.2 Å². The van der Waals surface area contributed by atoms with Crippen LogP contribution in [0, 0.1) is 12.8 Å². The van der Waals surface area contributed by atoms with Crippen molar-refractivity contribution in [3.63, 3.8) is 0 Å². The molecule has 28 heavy (non-hydrogen) atoms. The first kappa shape index (κ1) is 19.0. The molecule has 1 fully saturated rings. The van der Waals surface area contributed by atoms with Crippen LogP contribution in [0.15, 0.2) is 48.5 Å². The maximum atomic E-state index is 13.3. The molecule has 0 N–H and O–H groups in total. The molecule has 2 aliphatic rings. The lowest BCUT2D eigenvalue weighted by atomic mass is 9.95. The summed E-state index contributed by atoms with van der Waals surface area (Å²) in [5, 5.41) is 0. The van der Waals surface area contributed by atoms with E-state index in [1.165, 1.54) is 11.1 Å². The number of aryl methyl sites for hydroxylation is 1. The third-order valence-corrected chi connectivity index (χ3v) is 6.01. The third kappa shape index (κ3) is 3.93. The molecule has 1 amide bonds. The zero-order valence-corrected chi connectivity index (χ0v) is 16.9. The number of ether oxygens (including phenoxy) is 1. The lowest BCUT2D eigenvalue weighted by Crippen LogP contribution is -2.58. The highest BCUT2D eigenvalue weighted by molar-refractivity contribution is 5.99. The van der Waals surface area contributed by atoms with Gasteiger partial charge in [-0.1, -0.05) is 43.3 Å². The van der Waals surface area contributed by atoms with Gasteiger partial charge in [0.2, 0.25) is 5.91 Å². The van der Waals surface area contributed by atoms with Gasteiger partial charge >= 0.3 is 0 Å². The Morgan fingerprint density at radius 1 is 1.11 bits per heavy atom. The van der Waals surface area contributed by atoms with E-state index in [0.717, 1.165) is 50.3 Å². The van der Waals surface area contributed by atoms with Gasteiger partial charge in [-0.25, -0.2) is 0 Å². The number of rotatable bonds is 4. The Morgan fingerprint density at radius 3 is 2.75 bits per heavy atom. The molecule has 2 atom stereocenters. The minimum atomic E-state index is -0.0390. The van der Waals surface area contributed by atoms with Crippen molar-refractivity contribution in [1.29, 1.82) is 0 Å². The van der Waals surface area contributed by atoms with E-state index in [1.807, 2.05) is 29.2 Å². The standard InChI is InChI=1S/C24H30N2O2/c1-18(16-20-9-4-3-8-19(20)2)17-25-13-14-26-21-10-5-6-12-23(21)28-15-7-11-22(25)24(26)27/h3-6,8-10,12,18,22H,7,11,13-17H2,1-2H3. The molecule has 0 saturated carbocycles. The van der Waals surface area contributed by atoms with Crippen molar-refractivity contribution in [2.45, 2.75) is 39.2 Å². The molecule has 2 unspecified atom stereocenters. The van der Waals surface area contributed by atoms with Crippen LogP contribution in [0.5, 0.6) is 5.75 Å².